The maximum absolute atomic E-state index is 11.3. The molecule has 1 rings (SSSR count). The van der Waals surface area contributed by atoms with Crippen LogP contribution in [0.2, 0.25) is 0 Å². The largest absolute Gasteiger partial charge is 0.481 e. The molecule has 0 saturated heterocycles. The molecule has 5 heteroatoms. The van der Waals surface area contributed by atoms with E-state index < -0.39 is 17.9 Å². The number of nitrogens with one attached hydrogen (secondary N) is 1. The Bertz CT molecular complexity index is 417. The normalized spacial score (nSPS) is 11.6. The fraction of sp³-hybridized carbons (Fsp3) is 0.333. The molecular formula is C12H15NO4. The van der Waals surface area contributed by atoms with Crippen LogP contribution in [0.5, 0.6) is 0 Å². The summed E-state index contributed by atoms with van der Waals surface area (Å²) in [7, 11) is 1.31. The van der Waals surface area contributed by atoms with E-state index in [9.17, 15) is 9.59 Å². The fourth-order valence-electron chi connectivity index (χ4n) is 1.23. The summed E-state index contributed by atoms with van der Waals surface area (Å²) < 4.78 is 4.59. The molecule has 1 aromatic rings. The van der Waals surface area contributed by atoms with Crippen LogP contribution in [0.1, 0.15) is 17.3 Å². The Morgan fingerprint density at radius 3 is 2.76 bits per heavy atom. The topological polar surface area (TPSA) is 75.6 Å². The van der Waals surface area contributed by atoms with Gasteiger partial charge in [-0.25, -0.2) is 4.79 Å². The Balaban J connectivity index is 2.66. The van der Waals surface area contributed by atoms with Crippen molar-refractivity contribution < 1.29 is 19.4 Å². The van der Waals surface area contributed by atoms with Crippen LogP contribution in [-0.4, -0.2) is 30.7 Å². The molecule has 5 nitrogen and oxygen atoms in total. The van der Waals surface area contributed by atoms with Crippen molar-refractivity contribution in [1.29, 1.82) is 0 Å². The highest BCUT2D eigenvalue weighted by Crippen LogP contribution is 2.12. The number of benzene rings is 1. The number of carboxylic acids is 1. The van der Waals surface area contributed by atoms with Crippen LogP contribution in [0.15, 0.2) is 24.3 Å². The molecule has 2 N–H and O–H groups in total. The molecule has 1 unspecified atom stereocenters. The predicted octanol–water partition coefficient (Wildman–Crippen LogP) is 1.61. The molecule has 0 heterocycles. The first-order chi connectivity index (χ1) is 8.04. The van der Waals surface area contributed by atoms with Crippen LogP contribution in [-0.2, 0) is 9.53 Å². The van der Waals surface area contributed by atoms with Crippen molar-refractivity contribution in [2.45, 2.75) is 6.92 Å². The van der Waals surface area contributed by atoms with Crippen LogP contribution in [0.25, 0.3) is 0 Å². The molecule has 1 aromatic carbocycles. The van der Waals surface area contributed by atoms with E-state index >= 15 is 0 Å². The van der Waals surface area contributed by atoms with Crippen LogP contribution >= 0.6 is 0 Å². The van der Waals surface area contributed by atoms with Crippen molar-refractivity contribution in [1.82, 2.24) is 0 Å². The molecule has 17 heavy (non-hydrogen) atoms. The zero-order valence-electron chi connectivity index (χ0n) is 9.77. The number of rotatable bonds is 5. The van der Waals surface area contributed by atoms with E-state index in [4.69, 9.17) is 5.11 Å². The Labute approximate surface area is 99.4 Å². The number of anilines is 1. The van der Waals surface area contributed by atoms with Gasteiger partial charge in [0.15, 0.2) is 0 Å². The molecule has 1 atom stereocenters. The molecule has 0 aliphatic heterocycles. The van der Waals surface area contributed by atoms with Gasteiger partial charge in [0.1, 0.15) is 0 Å². The molecule has 92 valence electrons. The minimum atomic E-state index is -0.860. The van der Waals surface area contributed by atoms with Gasteiger partial charge in [0, 0.05) is 12.2 Å². The van der Waals surface area contributed by atoms with Crippen molar-refractivity contribution in [3.63, 3.8) is 0 Å². The van der Waals surface area contributed by atoms with Gasteiger partial charge >= 0.3 is 11.9 Å². The summed E-state index contributed by atoms with van der Waals surface area (Å²) in [6.07, 6.45) is 0. The molecular weight excluding hydrogens is 222 g/mol. The highest BCUT2D eigenvalue weighted by molar-refractivity contribution is 5.90. The van der Waals surface area contributed by atoms with E-state index in [0.717, 1.165) is 0 Å². The minimum absolute atomic E-state index is 0.306. The second-order valence-corrected chi connectivity index (χ2v) is 3.69. The van der Waals surface area contributed by atoms with Crippen molar-refractivity contribution in [3.8, 4) is 0 Å². The third kappa shape index (κ3) is 3.79. The summed E-state index contributed by atoms with van der Waals surface area (Å²) in [6.45, 7) is 1.92. The van der Waals surface area contributed by atoms with E-state index in [2.05, 4.69) is 10.1 Å². The van der Waals surface area contributed by atoms with Crippen molar-refractivity contribution in [2.24, 2.45) is 5.92 Å². The number of ether oxygens (including phenoxy) is 1. The van der Waals surface area contributed by atoms with Gasteiger partial charge in [-0.3, -0.25) is 4.79 Å². The second-order valence-electron chi connectivity index (χ2n) is 3.69. The highest BCUT2D eigenvalue weighted by atomic mass is 16.5. The Morgan fingerprint density at radius 1 is 1.47 bits per heavy atom. The Hall–Kier alpha value is -2.04. The molecule has 0 radical (unpaired) electrons. The molecule has 0 aliphatic rings. The third-order valence-corrected chi connectivity index (χ3v) is 2.32. The van der Waals surface area contributed by atoms with E-state index in [1.54, 1.807) is 31.2 Å². The average molecular weight is 237 g/mol. The number of esters is 1. The molecule has 0 fully saturated rings. The maximum Gasteiger partial charge on any atom is 0.337 e. The minimum Gasteiger partial charge on any atom is -0.481 e. The SMILES string of the molecule is COC(=O)c1cccc(NCC(C)C(=O)O)c1. The number of carbonyl (C=O) groups excluding carboxylic acids is 1. The monoisotopic (exact) mass is 237 g/mol. The van der Waals surface area contributed by atoms with Gasteiger partial charge in [-0.15, -0.1) is 0 Å². The van der Waals surface area contributed by atoms with Gasteiger partial charge in [-0.05, 0) is 18.2 Å². The summed E-state index contributed by atoms with van der Waals surface area (Å²) in [5.74, 6) is -1.77. The number of hydrogen-bond donors (Lipinski definition) is 2. The lowest BCUT2D eigenvalue weighted by molar-refractivity contribution is -0.140. The molecule has 0 aliphatic carbocycles. The summed E-state index contributed by atoms with van der Waals surface area (Å²) in [5.41, 5.74) is 1.13. The van der Waals surface area contributed by atoms with Gasteiger partial charge < -0.3 is 15.2 Å². The summed E-state index contributed by atoms with van der Waals surface area (Å²) >= 11 is 0. The quantitative estimate of drug-likeness (QED) is 0.761. The van der Waals surface area contributed by atoms with Crippen molar-refractivity contribution in [2.75, 3.05) is 19.0 Å². The van der Waals surface area contributed by atoms with Gasteiger partial charge in [0.2, 0.25) is 0 Å². The second kappa shape index (κ2) is 5.89. The number of carboxylic acid groups (broad SMARTS) is 1. The summed E-state index contributed by atoms with van der Waals surface area (Å²) in [6, 6.07) is 6.74. The first-order valence-corrected chi connectivity index (χ1v) is 5.19. The van der Waals surface area contributed by atoms with Crippen LogP contribution < -0.4 is 5.32 Å². The first kappa shape index (κ1) is 13.0. The number of methoxy groups -OCH3 is 1. The highest BCUT2D eigenvalue weighted by Gasteiger charge is 2.10. The van der Waals surface area contributed by atoms with Gasteiger partial charge in [-0.1, -0.05) is 13.0 Å². The summed E-state index contributed by atoms with van der Waals surface area (Å²) in [4.78, 5) is 21.9. The first-order valence-electron chi connectivity index (χ1n) is 5.19. The zero-order valence-corrected chi connectivity index (χ0v) is 9.77. The Kier molecular flexibility index (Phi) is 4.51. The van der Waals surface area contributed by atoms with Crippen molar-refractivity contribution in [3.05, 3.63) is 29.8 Å². The lowest BCUT2D eigenvalue weighted by Crippen LogP contribution is -2.19. The van der Waals surface area contributed by atoms with Crippen LogP contribution in [0.3, 0.4) is 0 Å². The van der Waals surface area contributed by atoms with Crippen LogP contribution in [0, 0.1) is 5.92 Å². The van der Waals surface area contributed by atoms with Crippen molar-refractivity contribution >= 4 is 17.6 Å². The van der Waals surface area contributed by atoms with E-state index in [1.165, 1.54) is 7.11 Å². The van der Waals surface area contributed by atoms with Gasteiger partial charge in [0.05, 0.1) is 18.6 Å². The number of aliphatic carboxylic acids is 1. The maximum atomic E-state index is 11.3. The zero-order chi connectivity index (χ0) is 12.8. The lowest BCUT2D eigenvalue weighted by atomic mass is 10.1. The average Bonchev–Trinajstić information content (AvgIpc) is 2.35. The summed E-state index contributed by atoms with van der Waals surface area (Å²) in [5, 5.41) is 11.7. The Morgan fingerprint density at radius 2 is 2.18 bits per heavy atom. The molecule has 0 bridgehead atoms. The third-order valence-electron chi connectivity index (χ3n) is 2.32. The molecule has 0 spiro atoms. The van der Waals surface area contributed by atoms with E-state index in [0.29, 0.717) is 17.8 Å². The number of hydrogen-bond acceptors (Lipinski definition) is 4. The lowest BCUT2D eigenvalue weighted by Gasteiger charge is -2.10. The standard InChI is InChI=1S/C12H15NO4/c1-8(11(14)15)7-13-10-5-3-4-9(6-10)12(16)17-2/h3-6,8,13H,7H2,1-2H3,(H,14,15). The smallest absolute Gasteiger partial charge is 0.337 e. The van der Waals surface area contributed by atoms with Gasteiger partial charge in [-0.2, -0.15) is 0 Å². The molecule has 0 amide bonds. The predicted molar refractivity (Wildman–Crippen MR) is 63.1 cm³/mol. The van der Waals surface area contributed by atoms with Gasteiger partial charge in [0.25, 0.3) is 0 Å². The van der Waals surface area contributed by atoms with Crippen LogP contribution in [0.4, 0.5) is 5.69 Å². The number of carbonyl (C=O) groups is 2. The molecule has 0 aromatic heterocycles. The van der Waals surface area contributed by atoms with E-state index in [1.807, 2.05) is 0 Å². The van der Waals surface area contributed by atoms with E-state index in [-0.39, 0.29) is 0 Å². The fourth-order valence-corrected chi connectivity index (χ4v) is 1.23. The molecule has 0 saturated carbocycles.